The fraction of sp³-hybridized carbons (Fsp3) is 0.211. The van der Waals surface area contributed by atoms with E-state index in [0.717, 1.165) is 31.9 Å². The fourth-order valence-electron chi connectivity index (χ4n) is 3.03. The first kappa shape index (κ1) is 17.1. The molecule has 0 bridgehead atoms. The first-order valence-electron chi connectivity index (χ1n) is 8.66. The van der Waals surface area contributed by atoms with Crippen LogP contribution < -0.4 is 15.1 Å². The van der Waals surface area contributed by atoms with E-state index in [1.54, 1.807) is 36.5 Å². The second-order valence-corrected chi connectivity index (χ2v) is 6.19. The topological polar surface area (TPSA) is 57.2 Å². The second kappa shape index (κ2) is 7.53. The SMILES string of the molecule is Fc1ccc(N2CCN(c3cnnc(Nc4ccccc4F)n3)CC2)cc1. The highest BCUT2D eigenvalue weighted by molar-refractivity contribution is 5.55. The van der Waals surface area contributed by atoms with Crippen LogP contribution in [0.3, 0.4) is 0 Å². The molecule has 0 radical (unpaired) electrons. The highest BCUT2D eigenvalue weighted by atomic mass is 19.1. The van der Waals surface area contributed by atoms with Gasteiger partial charge in [-0.05, 0) is 36.4 Å². The third kappa shape index (κ3) is 3.94. The summed E-state index contributed by atoms with van der Waals surface area (Å²) < 4.78 is 26.9. The van der Waals surface area contributed by atoms with Crippen molar-refractivity contribution in [3.63, 3.8) is 0 Å². The molecule has 1 aliphatic heterocycles. The summed E-state index contributed by atoms with van der Waals surface area (Å²) in [7, 11) is 0. The van der Waals surface area contributed by atoms with E-state index in [9.17, 15) is 8.78 Å². The van der Waals surface area contributed by atoms with Crippen molar-refractivity contribution in [3.05, 3.63) is 66.4 Å². The molecule has 3 aromatic rings. The molecule has 0 aliphatic carbocycles. The lowest BCUT2D eigenvalue weighted by Crippen LogP contribution is -2.46. The lowest BCUT2D eigenvalue weighted by Gasteiger charge is -2.36. The average Bonchev–Trinajstić information content (AvgIpc) is 2.71. The number of nitrogens with zero attached hydrogens (tertiary/aromatic N) is 5. The van der Waals surface area contributed by atoms with Crippen molar-refractivity contribution < 1.29 is 8.78 Å². The Balaban J connectivity index is 1.43. The van der Waals surface area contributed by atoms with Gasteiger partial charge in [-0.3, -0.25) is 0 Å². The molecular weight excluding hydrogens is 350 g/mol. The summed E-state index contributed by atoms with van der Waals surface area (Å²) in [5.74, 6) is 0.319. The minimum Gasteiger partial charge on any atom is -0.368 e. The Hall–Kier alpha value is -3.29. The number of hydrogen-bond acceptors (Lipinski definition) is 6. The molecule has 2 heterocycles. The van der Waals surface area contributed by atoms with Gasteiger partial charge in [-0.15, -0.1) is 5.10 Å². The van der Waals surface area contributed by atoms with Crippen molar-refractivity contribution in [3.8, 4) is 0 Å². The number of nitrogens with one attached hydrogen (secondary N) is 1. The van der Waals surface area contributed by atoms with E-state index in [-0.39, 0.29) is 17.6 Å². The van der Waals surface area contributed by atoms with Crippen LogP contribution in [0.4, 0.5) is 31.9 Å². The summed E-state index contributed by atoms with van der Waals surface area (Å²) in [5.41, 5.74) is 1.30. The minimum atomic E-state index is -0.376. The highest BCUT2D eigenvalue weighted by Gasteiger charge is 2.19. The molecule has 138 valence electrons. The summed E-state index contributed by atoms with van der Waals surface area (Å²) >= 11 is 0. The van der Waals surface area contributed by atoms with Gasteiger partial charge < -0.3 is 15.1 Å². The summed E-state index contributed by atoms with van der Waals surface area (Å²) in [4.78, 5) is 8.74. The van der Waals surface area contributed by atoms with E-state index in [1.165, 1.54) is 18.2 Å². The van der Waals surface area contributed by atoms with Crippen LogP contribution in [0.2, 0.25) is 0 Å². The van der Waals surface area contributed by atoms with Gasteiger partial charge in [-0.25, -0.2) is 8.78 Å². The van der Waals surface area contributed by atoms with Gasteiger partial charge in [0.25, 0.3) is 0 Å². The lowest BCUT2D eigenvalue weighted by atomic mass is 10.2. The standard InChI is InChI=1S/C19H18F2N6/c20-14-5-7-15(8-6-14)26-9-11-27(12-10-26)18-13-22-25-19(24-18)23-17-4-2-1-3-16(17)21/h1-8,13H,9-12H2,(H,23,24,25). The van der Waals surface area contributed by atoms with Crippen LogP contribution in [0.15, 0.2) is 54.7 Å². The van der Waals surface area contributed by atoms with Gasteiger partial charge in [-0.1, -0.05) is 12.1 Å². The van der Waals surface area contributed by atoms with E-state index in [0.29, 0.717) is 11.5 Å². The molecule has 1 N–H and O–H groups in total. The Bertz CT molecular complexity index is 910. The molecule has 0 unspecified atom stereocenters. The molecule has 1 aromatic heterocycles. The maximum absolute atomic E-state index is 13.8. The largest absolute Gasteiger partial charge is 0.368 e. The van der Waals surface area contributed by atoms with Crippen LogP contribution in [-0.2, 0) is 0 Å². The van der Waals surface area contributed by atoms with Crippen LogP contribution >= 0.6 is 0 Å². The quantitative estimate of drug-likeness (QED) is 0.763. The molecule has 8 heteroatoms. The number of para-hydroxylation sites is 1. The highest BCUT2D eigenvalue weighted by Crippen LogP contribution is 2.21. The molecule has 0 amide bonds. The molecule has 6 nitrogen and oxygen atoms in total. The van der Waals surface area contributed by atoms with Gasteiger partial charge in [0.2, 0.25) is 5.95 Å². The number of hydrogen-bond donors (Lipinski definition) is 1. The number of rotatable bonds is 4. The number of aromatic nitrogens is 3. The molecule has 2 aromatic carbocycles. The smallest absolute Gasteiger partial charge is 0.249 e. The molecule has 1 aliphatic rings. The van der Waals surface area contributed by atoms with E-state index >= 15 is 0 Å². The Morgan fingerprint density at radius 1 is 0.852 bits per heavy atom. The van der Waals surface area contributed by atoms with Crippen molar-refractivity contribution in [2.24, 2.45) is 0 Å². The van der Waals surface area contributed by atoms with Gasteiger partial charge in [-0.2, -0.15) is 10.1 Å². The molecule has 0 saturated carbocycles. The Morgan fingerprint density at radius 3 is 2.30 bits per heavy atom. The zero-order chi connectivity index (χ0) is 18.6. The fourth-order valence-corrected chi connectivity index (χ4v) is 3.03. The zero-order valence-electron chi connectivity index (χ0n) is 14.5. The molecule has 0 atom stereocenters. The van der Waals surface area contributed by atoms with Gasteiger partial charge in [0, 0.05) is 31.9 Å². The first-order chi connectivity index (χ1) is 13.2. The van der Waals surface area contributed by atoms with Gasteiger partial charge >= 0.3 is 0 Å². The minimum absolute atomic E-state index is 0.237. The van der Waals surface area contributed by atoms with Crippen LogP contribution in [0.25, 0.3) is 0 Å². The van der Waals surface area contributed by atoms with Crippen molar-refractivity contribution in [2.45, 2.75) is 0 Å². The number of benzene rings is 2. The normalized spacial score (nSPS) is 14.3. The van der Waals surface area contributed by atoms with E-state index < -0.39 is 0 Å². The zero-order valence-corrected chi connectivity index (χ0v) is 14.5. The summed E-state index contributed by atoms with van der Waals surface area (Å²) in [5, 5.41) is 10.8. The predicted octanol–water partition coefficient (Wildman–Crippen LogP) is 3.22. The number of halogens is 2. The third-order valence-electron chi connectivity index (χ3n) is 4.46. The number of anilines is 4. The van der Waals surface area contributed by atoms with Gasteiger partial charge in [0.05, 0.1) is 11.9 Å². The maximum Gasteiger partial charge on any atom is 0.249 e. The number of piperazine rings is 1. The van der Waals surface area contributed by atoms with Crippen molar-refractivity contribution >= 4 is 23.1 Å². The maximum atomic E-state index is 13.8. The van der Waals surface area contributed by atoms with E-state index in [1.807, 2.05) is 0 Å². The lowest BCUT2D eigenvalue weighted by molar-refractivity contribution is 0.623. The second-order valence-electron chi connectivity index (χ2n) is 6.19. The Kier molecular flexibility index (Phi) is 4.78. The Morgan fingerprint density at radius 2 is 1.56 bits per heavy atom. The predicted molar refractivity (Wildman–Crippen MR) is 100 cm³/mol. The van der Waals surface area contributed by atoms with E-state index in [2.05, 4.69) is 30.3 Å². The molecule has 0 spiro atoms. The molecule has 1 saturated heterocycles. The van der Waals surface area contributed by atoms with Crippen molar-refractivity contribution in [2.75, 3.05) is 41.3 Å². The average molecular weight is 368 g/mol. The van der Waals surface area contributed by atoms with Crippen LogP contribution in [0.1, 0.15) is 0 Å². The van der Waals surface area contributed by atoms with Crippen molar-refractivity contribution in [1.82, 2.24) is 15.2 Å². The van der Waals surface area contributed by atoms with Crippen molar-refractivity contribution in [1.29, 1.82) is 0 Å². The summed E-state index contributed by atoms with van der Waals surface area (Å²) in [6, 6.07) is 12.9. The first-order valence-corrected chi connectivity index (χ1v) is 8.66. The van der Waals surface area contributed by atoms with Gasteiger partial charge in [0.1, 0.15) is 11.6 Å². The summed E-state index contributed by atoms with van der Waals surface area (Å²) in [6.07, 6.45) is 1.60. The monoisotopic (exact) mass is 368 g/mol. The van der Waals surface area contributed by atoms with Crippen LogP contribution in [-0.4, -0.2) is 41.4 Å². The third-order valence-corrected chi connectivity index (χ3v) is 4.46. The summed E-state index contributed by atoms with van der Waals surface area (Å²) in [6.45, 7) is 3.06. The molecular formula is C19H18F2N6. The molecule has 27 heavy (non-hydrogen) atoms. The Labute approximate surface area is 155 Å². The molecule has 4 rings (SSSR count). The van der Waals surface area contributed by atoms with Crippen LogP contribution in [0.5, 0.6) is 0 Å². The molecule has 1 fully saturated rings. The van der Waals surface area contributed by atoms with Crippen LogP contribution in [0, 0.1) is 11.6 Å². The van der Waals surface area contributed by atoms with E-state index in [4.69, 9.17) is 0 Å². The van der Waals surface area contributed by atoms with Gasteiger partial charge in [0.15, 0.2) is 5.82 Å².